The van der Waals surface area contributed by atoms with Gasteiger partial charge in [-0.1, -0.05) is 0 Å². The summed E-state index contributed by atoms with van der Waals surface area (Å²) < 4.78 is 17.0. The fourth-order valence-corrected chi connectivity index (χ4v) is 2.17. The monoisotopic (exact) mass is 302 g/mol. The Hall–Kier alpha value is -2.90. The summed E-state index contributed by atoms with van der Waals surface area (Å²) >= 11 is 0. The molecule has 0 aliphatic rings. The zero-order valence-corrected chi connectivity index (χ0v) is 12.4. The normalized spacial score (nSPS) is 10.9. The first-order chi connectivity index (χ1) is 10.7. The van der Waals surface area contributed by atoms with Gasteiger partial charge in [-0.3, -0.25) is 0 Å². The van der Waals surface area contributed by atoms with E-state index in [4.69, 9.17) is 14.2 Å². The molecule has 8 nitrogen and oxygen atoms in total. The lowest BCUT2D eigenvalue weighted by molar-refractivity contribution is 0.0528. The summed E-state index contributed by atoms with van der Waals surface area (Å²) in [5, 5.41) is 12.4. The molecule has 0 amide bonds. The van der Waals surface area contributed by atoms with Crippen molar-refractivity contribution in [1.29, 1.82) is 0 Å². The molecule has 114 valence electrons. The minimum atomic E-state index is -0.485. The molecule has 0 aliphatic carbocycles. The highest BCUT2D eigenvalue weighted by atomic mass is 16.5. The van der Waals surface area contributed by atoms with Gasteiger partial charge in [0.15, 0.2) is 16.9 Å². The molecular weight excluding hydrogens is 288 g/mol. The van der Waals surface area contributed by atoms with E-state index in [1.165, 1.54) is 17.8 Å². The van der Waals surface area contributed by atoms with Crippen molar-refractivity contribution < 1.29 is 19.0 Å². The maximum atomic E-state index is 11.9. The number of aromatic nitrogens is 4. The van der Waals surface area contributed by atoms with Crippen LogP contribution in [0.2, 0.25) is 0 Å². The number of rotatable bonds is 4. The molecule has 0 saturated carbocycles. The van der Waals surface area contributed by atoms with Crippen LogP contribution in [0.25, 0.3) is 16.7 Å². The summed E-state index contributed by atoms with van der Waals surface area (Å²) in [6, 6.07) is 3.46. The Balaban J connectivity index is 2.29. The van der Waals surface area contributed by atoms with E-state index in [1.807, 2.05) is 0 Å². The number of ether oxygens (including phenoxy) is 3. The van der Waals surface area contributed by atoms with E-state index in [2.05, 4.69) is 15.3 Å². The van der Waals surface area contributed by atoms with E-state index in [9.17, 15) is 4.79 Å². The van der Waals surface area contributed by atoms with Crippen LogP contribution in [0.4, 0.5) is 0 Å². The number of fused-ring (bicyclic) bond motifs is 3. The lowest BCUT2D eigenvalue weighted by Crippen LogP contribution is -2.06. The molecule has 0 aliphatic heterocycles. The molecule has 0 fully saturated rings. The average molecular weight is 302 g/mol. The number of nitrogens with zero attached hydrogens (tertiary/aromatic N) is 4. The smallest absolute Gasteiger partial charge is 0.343 e. The highest BCUT2D eigenvalue weighted by Crippen LogP contribution is 2.29. The van der Waals surface area contributed by atoms with Crippen molar-refractivity contribution in [2.45, 2.75) is 6.92 Å². The van der Waals surface area contributed by atoms with Crippen molar-refractivity contribution >= 4 is 22.6 Å². The van der Waals surface area contributed by atoms with E-state index >= 15 is 0 Å². The standard InChI is InChI=1S/C14H14N4O4/c1-4-22-14(19)9-7-15-18-10-5-8(20-2)6-11(21-3)12(10)16-17-13(9)18/h5-7H,4H2,1-3H3. The maximum Gasteiger partial charge on any atom is 0.343 e. The van der Waals surface area contributed by atoms with Gasteiger partial charge in [-0.25, -0.2) is 9.31 Å². The Morgan fingerprint density at radius 2 is 2.05 bits per heavy atom. The molecule has 1 aromatic carbocycles. The number of hydrogen-bond donors (Lipinski definition) is 0. The number of benzene rings is 1. The van der Waals surface area contributed by atoms with Crippen molar-refractivity contribution in [2.75, 3.05) is 20.8 Å². The molecule has 2 heterocycles. The third-order valence-electron chi connectivity index (χ3n) is 3.20. The van der Waals surface area contributed by atoms with Crippen molar-refractivity contribution in [2.24, 2.45) is 0 Å². The van der Waals surface area contributed by atoms with E-state index < -0.39 is 5.97 Å². The average Bonchev–Trinajstić information content (AvgIpc) is 2.98. The summed E-state index contributed by atoms with van der Waals surface area (Å²) in [4.78, 5) is 11.9. The third-order valence-corrected chi connectivity index (χ3v) is 3.20. The van der Waals surface area contributed by atoms with Crippen LogP contribution in [0.15, 0.2) is 18.3 Å². The molecule has 8 heteroatoms. The molecule has 0 bridgehead atoms. The van der Waals surface area contributed by atoms with Gasteiger partial charge in [0, 0.05) is 12.1 Å². The first-order valence-electron chi connectivity index (χ1n) is 6.62. The molecule has 22 heavy (non-hydrogen) atoms. The van der Waals surface area contributed by atoms with Crippen molar-refractivity contribution in [3.8, 4) is 11.5 Å². The van der Waals surface area contributed by atoms with Crippen LogP contribution in [0.1, 0.15) is 17.3 Å². The zero-order chi connectivity index (χ0) is 15.7. The lowest BCUT2D eigenvalue weighted by atomic mass is 10.2. The second kappa shape index (κ2) is 5.47. The lowest BCUT2D eigenvalue weighted by Gasteiger charge is -2.08. The van der Waals surface area contributed by atoms with Crippen LogP contribution < -0.4 is 9.47 Å². The molecule has 0 saturated heterocycles. The Morgan fingerprint density at radius 1 is 1.23 bits per heavy atom. The van der Waals surface area contributed by atoms with Gasteiger partial charge in [-0.2, -0.15) is 5.10 Å². The van der Waals surface area contributed by atoms with Crippen LogP contribution in [0, 0.1) is 0 Å². The van der Waals surface area contributed by atoms with Gasteiger partial charge in [-0.05, 0) is 6.92 Å². The Labute approximate surface area is 125 Å². The molecule has 2 aromatic heterocycles. The van der Waals surface area contributed by atoms with Crippen LogP contribution >= 0.6 is 0 Å². The van der Waals surface area contributed by atoms with Crippen molar-refractivity contribution in [3.63, 3.8) is 0 Å². The molecule has 0 spiro atoms. The number of methoxy groups -OCH3 is 2. The Bertz CT molecular complexity index is 859. The molecule has 0 N–H and O–H groups in total. The molecular formula is C14H14N4O4. The summed E-state index contributed by atoms with van der Waals surface area (Å²) in [6.45, 7) is 2.01. The number of esters is 1. The van der Waals surface area contributed by atoms with Crippen LogP contribution in [0.3, 0.4) is 0 Å². The SMILES string of the molecule is CCOC(=O)c1cnn2c1nnc1c(OC)cc(OC)cc12. The number of carbonyl (C=O) groups excluding carboxylic acids is 1. The van der Waals surface area contributed by atoms with E-state index in [0.717, 1.165) is 0 Å². The van der Waals surface area contributed by atoms with Crippen molar-refractivity contribution in [1.82, 2.24) is 19.8 Å². The van der Waals surface area contributed by atoms with Gasteiger partial charge >= 0.3 is 5.97 Å². The highest BCUT2D eigenvalue weighted by molar-refractivity contribution is 5.97. The second-order valence-electron chi connectivity index (χ2n) is 4.41. The fraction of sp³-hybridized carbons (Fsp3) is 0.286. The van der Waals surface area contributed by atoms with E-state index in [1.54, 1.807) is 26.2 Å². The van der Waals surface area contributed by atoms with Gasteiger partial charge in [0.05, 0.1) is 27.0 Å². The summed E-state index contributed by atoms with van der Waals surface area (Å²) in [7, 11) is 3.09. The van der Waals surface area contributed by atoms with Gasteiger partial charge in [0.25, 0.3) is 0 Å². The number of hydrogen-bond acceptors (Lipinski definition) is 7. The summed E-state index contributed by atoms with van der Waals surface area (Å²) in [5.41, 5.74) is 1.73. The predicted octanol–water partition coefficient (Wildman–Crippen LogP) is 1.47. The van der Waals surface area contributed by atoms with Gasteiger partial charge in [-0.15, -0.1) is 10.2 Å². The van der Waals surface area contributed by atoms with E-state index in [0.29, 0.717) is 28.2 Å². The molecule has 3 rings (SSSR count). The van der Waals surface area contributed by atoms with Gasteiger partial charge in [0.1, 0.15) is 16.8 Å². The Morgan fingerprint density at radius 3 is 2.73 bits per heavy atom. The first-order valence-corrected chi connectivity index (χ1v) is 6.62. The fourth-order valence-electron chi connectivity index (χ4n) is 2.17. The van der Waals surface area contributed by atoms with Crippen LogP contribution in [-0.2, 0) is 4.74 Å². The second-order valence-corrected chi connectivity index (χ2v) is 4.41. The Kier molecular flexibility index (Phi) is 3.50. The molecule has 0 unspecified atom stereocenters. The maximum absolute atomic E-state index is 11.9. The molecule has 0 atom stereocenters. The summed E-state index contributed by atoms with van der Waals surface area (Å²) in [6.07, 6.45) is 1.41. The number of carbonyl (C=O) groups is 1. The third kappa shape index (κ3) is 2.09. The van der Waals surface area contributed by atoms with Gasteiger partial charge in [0.2, 0.25) is 0 Å². The van der Waals surface area contributed by atoms with E-state index in [-0.39, 0.29) is 12.2 Å². The van der Waals surface area contributed by atoms with Crippen molar-refractivity contribution in [3.05, 3.63) is 23.9 Å². The minimum Gasteiger partial charge on any atom is -0.497 e. The zero-order valence-electron chi connectivity index (χ0n) is 12.4. The van der Waals surface area contributed by atoms with Crippen LogP contribution in [0.5, 0.6) is 11.5 Å². The molecule has 3 aromatic rings. The topological polar surface area (TPSA) is 87.8 Å². The summed E-state index contributed by atoms with van der Waals surface area (Å²) in [5.74, 6) is 0.616. The highest BCUT2D eigenvalue weighted by Gasteiger charge is 2.19. The van der Waals surface area contributed by atoms with Gasteiger partial charge < -0.3 is 14.2 Å². The largest absolute Gasteiger partial charge is 0.497 e. The molecule has 0 radical (unpaired) electrons. The van der Waals surface area contributed by atoms with Crippen LogP contribution in [-0.4, -0.2) is 46.6 Å². The minimum absolute atomic E-state index is 0.262. The predicted molar refractivity (Wildman–Crippen MR) is 77.3 cm³/mol. The first kappa shape index (κ1) is 14.1. The quantitative estimate of drug-likeness (QED) is 0.674.